The maximum Gasteiger partial charge on any atom is 0.303 e. The molecule has 0 saturated heterocycles. The van der Waals surface area contributed by atoms with Gasteiger partial charge in [0.25, 0.3) is 0 Å². The van der Waals surface area contributed by atoms with Crippen molar-refractivity contribution in [2.24, 2.45) is 0 Å². The van der Waals surface area contributed by atoms with Gasteiger partial charge in [0.1, 0.15) is 0 Å². The van der Waals surface area contributed by atoms with Gasteiger partial charge in [0.05, 0.1) is 12.8 Å². The minimum absolute atomic E-state index is 0.0364. The summed E-state index contributed by atoms with van der Waals surface area (Å²) in [5, 5.41) is 19.8. The van der Waals surface area contributed by atoms with Crippen LogP contribution in [0.15, 0.2) is 0 Å². The first-order valence-electron chi connectivity index (χ1n) is 23.6. The number of nitrogens with zero attached hydrogens (tertiary/aromatic N) is 1. The summed E-state index contributed by atoms with van der Waals surface area (Å²) in [6.45, 7) is 9.83. The molecule has 0 aliphatic carbocycles. The van der Waals surface area contributed by atoms with E-state index in [1.165, 1.54) is 193 Å². The molecule has 0 aromatic carbocycles. The molecule has 3 N–H and O–H groups in total. The van der Waals surface area contributed by atoms with E-state index in [2.05, 4.69) is 19.2 Å². The Morgan fingerprint density at radius 1 is 0.400 bits per heavy atom. The first-order valence-corrected chi connectivity index (χ1v) is 23.6. The number of unbranched alkanes of at least 4 members (excludes halogenated alkanes) is 30. The van der Waals surface area contributed by atoms with Crippen LogP contribution in [0.1, 0.15) is 259 Å². The van der Waals surface area contributed by atoms with E-state index < -0.39 is 11.9 Å². The summed E-state index contributed by atoms with van der Waals surface area (Å²) in [7, 11) is 0. The summed E-state index contributed by atoms with van der Waals surface area (Å²) in [6.07, 6.45) is 43.3. The molecule has 0 aliphatic rings. The summed E-state index contributed by atoms with van der Waals surface area (Å²) >= 11 is 0. The Morgan fingerprint density at radius 2 is 0.655 bits per heavy atom. The van der Waals surface area contributed by atoms with Gasteiger partial charge in [0.15, 0.2) is 0 Å². The second-order valence-electron chi connectivity index (χ2n) is 16.5. The highest BCUT2D eigenvalue weighted by atomic mass is 16.4. The van der Waals surface area contributed by atoms with Crippen LogP contribution in [0.25, 0.3) is 0 Å². The van der Waals surface area contributed by atoms with Crippen molar-refractivity contribution in [3.05, 3.63) is 0 Å². The molecule has 0 aromatic heterocycles. The minimum Gasteiger partial charge on any atom is -0.481 e. The molecule has 0 fully saturated rings. The highest BCUT2D eigenvalue weighted by molar-refractivity contribution is 5.81. The molecule has 0 bridgehead atoms. The summed E-state index contributed by atoms with van der Waals surface area (Å²) in [5.74, 6) is -1.98. The highest BCUT2D eigenvalue weighted by Gasteiger charge is 2.14. The first-order chi connectivity index (χ1) is 26.6. The van der Waals surface area contributed by atoms with Gasteiger partial charge in [-0.05, 0) is 26.7 Å². The fourth-order valence-electron chi connectivity index (χ4n) is 7.05. The average molecular weight is 781 g/mol. The van der Waals surface area contributed by atoms with E-state index in [0.717, 1.165) is 25.9 Å². The molecule has 0 spiro atoms. The van der Waals surface area contributed by atoms with Crippen molar-refractivity contribution < 1.29 is 29.4 Å². The summed E-state index contributed by atoms with van der Waals surface area (Å²) in [5.41, 5.74) is 0. The van der Waals surface area contributed by atoms with Crippen LogP contribution in [-0.4, -0.2) is 58.0 Å². The topological polar surface area (TPSA) is 124 Å². The van der Waals surface area contributed by atoms with Crippen LogP contribution in [0.4, 0.5) is 0 Å². The Kier molecular flexibility index (Phi) is 44.6. The second kappa shape index (κ2) is 44.6. The minimum atomic E-state index is -0.941. The van der Waals surface area contributed by atoms with Crippen LogP contribution >= 0.6 is 0 Å². The number of carbonyl (C=O) groups is 4. The first kappa shape index (κ1) is 55.0. The van der Waals surface area contributed by atoms with Crippen molar-refractivity contribution in [1.82, 2.24) is 10.2 Å². The zero-order valence-corrected chi connectivity index (χ0v) is 36.9. The van der Waals surface area contributed by atoms with Gasteiger partial charge in [0.2, 0.25) is 11.8 Å². The molecule has 2 amide bonds. The van der Waals surface area contributed by atoms with Crippen LogP contribution in [0, 0.1) is 0 Å². The van der Waals surface area contributed by atoms with E-state index in [0.29, 0.717) is 0 Å². The van der Waals surface area contributed by atoms with E-state index in [-0.39, 0.29) is 43.5 Å². The van der Waals surface area contributed by atoms with Crippen molar-refractivity contribution in [1.29, 1.82) is 0 Å². The molecular weight excluding hydrogens is 689 g/mol. The molecule has 0 aromatic rings. The Balaban J connectivity index is 0. The van der Waals surface area contributed by atoms with E-state index in [9.17, 15) is 19.2 Å². The molecule has 0 heterocycles. The smallest absolute Gasteiger partial charge is 0.303 e. The van der Waals surface area contributed by atoms with Gasteiger partial charge >= 0.3 is 11.9 Å². The van der Waals surface area contributed by atoms with Gasteiger partial charge in [-0.2, -0.15) is 0 Å². The second-order valence-corrected chi connectivity index (χ2v) is 16.5. The Labute approximate surface area is 340 Å². The van der Waals surface area contributed by atoms with E-state index in [1.807, 2.05) is 18.7 Å². The number of rotatable bonds is 41. The fourth-order valence-corrected chi connectivity index (χ4v) is 7.05. The molecule has 55 heavy (non-hydrogen) atoms. The predicted octanol–water partition coefficient (Wildman–Crippen LogP) is 13.6. The van der Waals surface area contributed by atoms with Crippen molar-refractivity contribution in [2.45, 2.75) is 265 Å². The van der Waals surface area contributed by atoms with Crippen molar-refractivity contribution >= 4 is 23.8 Å². The lowest BCUT2D eigenvalue weighted by Crippen LogP contribution is -2.33. The SMILES string of the molecule is CC(C)NC(=O)CCC(=O)O.CCCCCCCCCCCCCCCCCCN(CCCCCCCCCCCCCCCCCC)C(=O)CCC(=O)O. The van der Waals surface area contributed by atoms with Crippen LogP contribution in [0.3, 0.4) is 0 Å². The maximum atomic E-state index is 12.7. The van der Waals surface area contributed by atoms with Gasteiger partial charge < -0.3 is 20.4 Å². The molecule has 8 nitrogen and oxygen atoms in total. The molecule has 0 aliphatic heterocycles. The molecular formula is C47H92N2O6. The third-order valence-corrected chi connectivity index (χ3v) is 10.5. The number of carboxylic acid groups (broad SMARTS) is 2. The lowest BCUT2D eigenvalue weighted by Gasteiger charge is -2.22. The monoisotopic (exact) mass is 781 g/mol. The summed E-state index contributed by atoms with van der Waals surface area (Å²) in [6, 6.07) is 0.0799. The highest BCUT2D eigenvalue weighted by Crippen LogP contribution is 2.16. The Morgan fingerprint density at radius 3 is 0.909 bits per heavy atom. The average Bonchev–Trinajstić information content (AvgIpc) is 3.14. The number of amides is 2. The third kappa shape index (κ3) is 48.0. The fraction of sp³-hybridized carbons (Fsp3) is 0.915. The largest absolute Gasteiger partial charge is 0.481 e. The number of hydrogen-bond acceptors (Lipinski definition) is 4. The van der Waals surface area contributed by atoms with Gasteiger partial charge in [-0.1, -0.05) is 206 Å². The van der Waals surface area contributed by atoms with Gasteiger partial charge in [-0.15, -0.1) is 0 Å². The normalized spacial score (nSPS) is 11.0. The van der Waals surface area contributed by atoms with E-state index >= 15 is 0 Å². The number of aliphatic carboxylic acids is 2. The van der Waals surface area contributed by atoms with Crippen LogP contribution in [-0.2, 0) is 19.2 Å². The summed E-state index contributed by atoms with van der Waals surface area (Å²) in [4.78, 5) is 46.4. The van der Waals surface area contributed by atoms with Crippen LogP contribution in [0.5, 0.6) is 0 Å². The lowest BCUT2D eigenvalue weighted by molar-refractivity contribution is -0.141. The predicted molar refractivity (Wildman–Crippen MR) is 233 cm³/mol. The number of carbonyl (C=O) groups excluding carboxylic acids is 2. The van der Waals surface area contributed by atoms with E-state index in [1.54, 1.807) is 0 Å². The molecule has 0 saturated carbocycles. The van der Waals surface area contributed by atoms with Crippen LogP contribution in [0.2, 0.25) is 0 Å². The molecule has 0 radical (unpaired) electrons. The van der Waals surface area contributed by atoms with Crippen molar-refractivity contribution in [3.8, 4) is 0 Å². The number of carboxylic acids is 2. The summed E-state index contributed by atoms with van der Waals surface area (Å²) < 4.78 is 0. The number of hydrogen-bond donors (Lipinski definition) is 3. The van der Waals surface area contributed by atoms with Crippen molar-refractivity contribution in [3.63, 3.8) is 0 Å². The third-order valence-electron chi connectivity index (χ3n) is 10.5. The zero-order chi connectivity index (χ0) is 41.0. The van der Waals surface area contributed by atoms with Gasteiger partial charge in [-0.25, -0.2) is 0 Å². The van der Waals surface area contributed by atoms with Crippen LogP contribution < -0.4 is 5.32 Å². The number of nitrogens with one attached hydrogen (secondary N) is 1. The zero-order valence-electron chi connectivity index (χ0n) is 36.9. The van der Waals surface area contributed by atoms with Gasteiger partial charge in [-0.3, -0.25) is 19.2 Å². The maximum absolute atomic E-state index is 12.7. The Bertz CT molecular complexity index is 828. The Hall–Kier alpha value is -2.12. The lowest BCUT2D eigenvalue weighted by atomic mass is 10.0. The molecule has 8 heteroatoms. The quantitative estimate of drug-likeness (QED) is 0.0531. The van der Waals surface area contributed by atoms with Crippen molar-refractivity contribution in [2.75, 3.05) is 13.1 Å². The van der Waals surface area contributed by atoms with Gasteiger partial charge in [0, 0.05) is 32.0 Å². The molecule has 326 valence electrons. The molecule has 0 atom stereocenters. The van der Waals surface area contributed by atoms with E-state index in [4.69, 9.17) is 10.2 Å². The standard InChI is InChI=1S/C40H79NO3.C7H13NO3/c1-3-5-7-9-11-13-15-17-19-21-23-25-27-29-31-33-37-41(39(42)35-36-40(43)44)38-34-32-30-28-26-24-22-20-18-16-14-12-10-8-6-4-2;1-5(2)8-6(9)3-4-7(10)11/h3-38H2,1-2H3,(H,43,44);5H,3-4H2,1-2H3,(H,8,9)(H,10,11). The molecule has 0 unspecified atom stereocenters. The molecule has 0 rings (SSSR count).